The summed E-state index contributed by atoms with van der Waals surface area (Å²) in [6.07, 6.45) is 2.43. The summed E-state index contributed by atoms with van der Waals surface area (Å²) in [5.41, 5.74) is 1.08. The second kappa shape index (κ2) is 7.14. The number of likely N-dealkylation sites (N-methyl/N-ethyl adjacent to an activating group) is 1. The molecule has 1 aliphatic rings. The molecule has 0 amide bonds. The van der Waals surface area contributed by atoms with Gasteiger partial charge in [0.05, 0.1) is 7.11 Å². The van der Waals surface area contributed by atoms with Gasteiger partial charge in [-0.3, -0.25) is 0 Å². The first-order chi connectivity index (χ1) is 9.67. The molecule has 1 aromatic carbocycles. The molecule has 1 saturated heterocycles. The Labute approximate surface area is 119 Å². The molecule has 5 nitrogen and oxygen atoms in total. The maximum atomic E-state index is 11.0. The molecule has 1 atom stereocenters. The molecule has 0 aliphatic carbocycles. The first-order valence-electron chi connectivity index (χ1n) is 6.92. The van der Waals surface area contributed by atoms with E-state index in [9.17, 15) is 4.79 Å². The van der Waals surface area contributed by atoms with Crippen LogP contribution in [0, 0.1) is 0 Å². The summed E-state index contributed by atoms with van der Waals surface area (Å²) in [6, 6.07) is 8.16. The zero-order chi connectivity index (χ0) is 14.4. The Kier molecular flexibility index (Phi) is 5.24. The molecule has 0 aromatic heterocycles. The Morgan fingerprint density at radius 1 is 1.40 bits per heavy atom. The average molecular weight is 278 g/mol. The van der Waals surface area contributed by atoms with Gasteiger partial charge in [0.2, 0.25) is 0 Å². The Morgan fingerprint density at radius 3 is 2.80 bits per heavy atom. The van der Waals surface area contributed by atoms with Crippen molar-refractivity contribution < 1.29 is 14.3 Å². The summed E-state index contributed by atoms with van der Waals surface area (Å²) in [7, 11) is 3.50. The molecule has 0 saturated carbocycles. The van der Waals surface area contributed by atoms with Gasteiger partial charge in [-0.05, 0) is 50.7 Å². The van der Waals surface area contributed by atoms with Gasteiger partial charge in [0.15, 0.2) is 6.61 Å². The predicted molar refractivity (Wildman–Crippen MR) is 78.1 cm³/mol. The summed E-state index contributed by atoms with van der Waals surface area (Å²) in [4.78, 5) is 13.3. The smallest absolute Gasteiger partial charge is 0.343 e. The molecule has 5 heteroatoms. The summed E-state index contributed by atoms with van der Waals surface area (Å²) >= 11 is 0. The van der Waals surface area contributed by atoms with Crippen LogP contribution in [0.2, 0.25) is 0 Å². The number of likely N-dealkylation sites (tertiary alicyclic amines) is 1. The topological polar surface area (TPSA) is 50.8 Å². The monoisotopic (exact) mass is 278 g/mol. The maximum Gasteiger partial charge on any atom is 0.343 e. The van der Waals surface area contributed by atoms with E-state index in [4.69, 9.17) is 4.74 Å². The Hall–Kier alpha value is -1.75. The zero-order valence-corrected chi connectivity index (χ0v) is 12.1. The van der Waals surface area contributed by atoms with E-state index in [1.807, 2.05) is 24.3 Å². The van der Waals surface area contributed by atoms with Gasteiger partial charge < -0.3 is 19.7 Å². The Morgan fingerprint density at radius 2 is 2.15 bits per heavy atom. The molecule has 0 radical (unpaired) electrons. The van der Waals surface area contributed by atoms with Gasteiger partial charge in [0, 0.05) is 18.3 Å². The molecule has 1 heterocycles. The van der Waals surface area contributed by atoms with Crippen LogP contribution in [0.3, 0.4) is 0 Å². The van der Waals surface area contributed by atoms with Crippen molar-refractivity contribution in [1.29, 1.82) is 0 Å². The lowest BCUT2D eigenvalue weighted by molar-refractivity contribution is -0.142. The quantitative estimate of drug-likeness (QED) is 0.832. The van der Waals surface area contributed by atoms with Crippen LogP contribution >= 0.6 is 0 Å². The van der Waals surface area contributed by atoms with Crippen LogP contribution in [0.15, 0.2) is 24.3 Å². The van der Waals surface area contributed by atoms with Gasteiger partial charge in [-0.2, -0.15) is 0 Å². The van der Waals surface area contributed by atoms with Crippen molar-refractivity contribution in [2.24, 2.45) is 0 Å². The van der Waals surface area contributed by atoms with Gasteiger partial charge in [0.25, 0.3) is 0 Å². The van der Waals surface area contributed by atoms with Crippen molar-refractivity contribution in [2.45, 2.75) is 18.9 Å². The fourth-order valence-electron chi connectivity index (χ4n) is 2.37. The van der Waals surface area contributed by atoms with Crippen LogP contribution in [0.4, 0.5) is 5.69 Å². The van der Waals surface area contributed by atoms with Crippen molar-refractivity contribution in [3.63, 3.8) is 0 Å². The third-order valence-electron chi connectivity index (χ3n) is 3.43. The molecule has 1 aliphatic heterocycles. The van der Waals surface area contributed by atoms with Crippen molar-refractivity contribution in [2.75, 3.05) is 39.2 Å². The lowest BCUT2D eigenvalue weighted by atomic mass is 10.1. The highest BCUT2D eigenvalue weighted by Gasteiger charge is 2.16. The van der Waals surface area contributed by atoms with Crippen molar-refractivity contribution >= 4 is 11.7 Å². The third kappa shape index (κ3) is 4.42. The summed E-state index contributed by atoms with van der Waals surface area (Å²) < 4.78 is 9.84. The van der Waals surface area contributed by atoms with E-state index in [-0.39, 0.29) is 12.6 Å². The van der Waals surface area contributed by atoms with Gasteiger partial charge in [-0.15, -0.1) is 0 Å². The standard InChI is InChI=1S/C15H22N2O3/c1-17-9-3-4-13(10-17)16-12-5-7-14(8-6-12)20-11-15(18)19-2/h5-8,13,16H,3-4,9-11H2,1-2H3. The predicted octanol–water partition coefficient (Wildman–Crippen LogP) is 1.74. The molecule has 1 aromatic rings. The first kappa shape index (κ1) is 14.7. The third-order valence-corrected chi connectivity index (χ3v) is 3.43. The van der Waals surface area contributed by atoms with Crippen molar-refractivity contribution in [3.05, 3.63) is 24.3 Å². The number of benzene rings is 1. The summed E-state index contributed by atoms with van der Waals surface area (Å²) in [5, 5.41) is 3.53. The lowest BCUT2D eigenvalue weighted by Crippen LogP contribution is -2.39. The fourth-order valence-corrected chi connectivity index (χ4v) is 2.37. The maximum absolute atomic E-state index is 11.0. The van der Waals surface area contributed by atoms with E-state index in [0.29, 0.717) is 11.8 Å². The highest BCUT2D eigenvalue weighted by molar-refractivity contribution is 5.70. The number of ether oxygens (including phenoxy) is 2. The van der Waals surface area contributed by atoms with Crippen molar-refractivity contribution in [1.82, 2.24) is 4.90 Å². The number of carbonyl (C=O) groups is 1. The van der Waals surface area contributed by atoms with Gasteiger partial charge in [0.1, 0.15) is 5.75 Å². The molecular weight excluding hydrogens is 256 g/mol. The lowest BCUT2D eigenvalue weighted by Gasteiger charge is -2.30. The summed E-state index contributed by atoms with van der Waals surface area (Å²) in [5.74, 6) is 0.291. The van der Waals surface area contributed by atoms with Gasteiger partial charge in [-0.1, -0.05) is 0 Å². The average Bonchev–Trinajstić information content (AvgIpc) is 2.46. The highest BCUT2D eigenvalue weighted by atomic mass is 16.6. The molecule has 2 rings (SSSR count). The van der Waals surface area contributed by atoms with Crippen LogP contribution in [-0.2, 0) is 9.53 Å². The Bertz CT molecular complexity index is 433. The van der Waals surface area contributed by atoms with E-state index in [1.54, 1.807) is 0 Å². The van der Waals surface area contributed by atoms with E-state index in [1.165, 1.54) is 26.5 Å². The van der Waals surface area contributed by atoms with Gasteiger partial charge in [-0.25, -0.2) is 4.79 Å². The number of rotatable bonds is 5. The van der Waals surface area contributed by atoms with Crippen molar-refractivity contribution in [3.8, 4) is 5.75 Å². The number of esters is 1. The van der Waals surface area contributed by atoms with Crippen LogP contribution in [0.5, 0.6) is 5.75 Å². The number of anilines is 1. The van der Waals surface area contributed by atoms with E-state index in [2.05, 4.69) is 22.0 Å². The SMILES string of the molecule is COC(=O)COc1ccc(NC2CCCN(C)C2)cc1. The van der Waals surface area contributed by atoms with E-state index >= 15 is 0 Å². The molecule has 1 unspecified atom stereocenters. The van der Waals surface area contributed by atoms with Crippen LogP contribution < -0.4 is 10.1 Å². The molecule has 20 heavy (non-hydrogen) atoms. The molecule has 1 N–H and O–H groups in total. The number of nitrogens with one attached hydrogen (secondary N) is 1. The number of methoxy groups -OCH3 is 1. The second-order valence-electron chi connectivity index (χ2n) is 5.13. The minimum Gasteiger partial charge on any atom is -0.482 e. The zero-order valence-electron chi connectivity index (χ0n) is 12.1. The van der Waals surface area contributed by atoms with E-state index < -0.39 is 0 Å². The largest absolute Gasteiger partial charge is 0.482 e. The highest BCUT2D eigenvalue weighted by Crippen LogP contribution is 2.19. The number of carbonyl (C=O) groups excluding carboxylic acids is 1. The van der Waals surface area contributed by atoms with Crippen LogP contribution in [-0.4, -0.2) is 50.8 Å². The molecule has 1 fully saturated rings. The fraction of sp³-hybridized carbons (Fsp3) is 0.533. The van der Waals surface area contributed by atoms with Gasteiger partial charge >= 0.3 is 5.97 Å². The number of piperidine rings is 1. The number of nitrogens with zero attached hydrogens (tertiary/aromatic N) is 1. The molecule has 0 bridgehead atoms. The Balaban J connectivity index is 1.83. The number of hydrogen-bond donors (Lipinski definition) is 1. The normalized spacial score (nSPS) is 19.4. The number of hydrogen-bond acceptors (Lipinski definition) is 5. The molecular formula is C15H22N2O3. The second-order valence-corrected chi connectivity index (χ2v) is 5.13. The first-order valence-corrected chi connectivity index (χ1v) is 6.92. The minimum absolute atomic E-state index is 0.0588. The van der Waals surface area contributed by atoms with Crippen LogP contribution in [0.25, 0.3) is 0 Å². The molecule has 0 spiro atoms. The molecule has 110 valence electrons. The summed E-state index contributed by atoms with van der Waals surface area (Å²) in [6.45, 7) is 2.19. The van der Waals surface area contributed by atoms with E-state index in [0.717, 1.165) is 12.2 Å². The van der Waals surface area contributed by atoms with Crippen LogP contribution in [0.1, 0.15) is 12.8 Å². The minimum atomic E-state index is -0.377.